The molecule has 0 saturated heterocycles. The van der Waals surface area contributed by atoms with Crippen molar-refractivity contribution in [1.29, 1.82) is 0 Å². The van der Waals surface area contributed by atoms with E-state index in [-0.39, 0.29) is 11.5 Å². The van der Waals surface area contributed by atoms with E-state index < -0.39 is 11.4 Å². The molecule has 3 nitrogen and oxygen atoms in total. The highest BCUT2D eigenvalue weighted by Gasteiger charge is 2.59. The van der Waals surface area contributed by atoms with E-state index in [9.17, 15) is 15.0 Å². The predicted octanol–water partition coefficient (Wildman–Crippen LogP) is 5.04. The Balaban J connectivity index is 1.61. The molecule has 0 amide bonds. The van der Waals surface area contributed by atoms with Gasteiger partial charge in [0, 0.05) is 0 Å². The molecule has 4 rings (SSSR count). The molecule has 0 radical (unpaired) electrons. The lowest BCUT2D eigenvalue weighted by Gasteiger charge is -2.60. The second kappa shape index (κ2) is 5.83. The van der Waals surface area contributed by atoms with Crippen LogP contribution in [0.4, 0.5) is 0 Å². The van der Waals surface area contributed by atoms with Gasteiger partial charge in [0.15, 0.2) is 0 Å². The van der Waals surface area contributed by atoms with Crippen molar-refractivity contribution in [3.8, 4) is 0 Å². The van der Waals surface area contributed by atoms with Crippen LogP contribution in [0.25, 0.3) is 0 Å². The van der Waals surface area contributed by atoms with Crippen LogP contribution in [0, 0.1) is 39.9 Å². The van der Waals surface area contributed by atoms with E-state index in [0.717, 1.165) is 36.7 Å². The smallest absolute Gasteiger partial charge is 0.313 e. The summed E-state index contributed by atoms with van der Waals surface area (Å²) in [4.78, 5) is 11.7. The Morgan fingerprint density at radius 2 is 1.77 bits per heavy atom. The Kier molecular flexibility index (Phi) is 4.16. The van der Waals surface area contributed by atoms with Crippen LogP contribution in [0.2, 0.25) is 0 Å². The first-order chi connectivity index (χ1) is 12.1. The second-order valence-corrected chi connectivity index (χ2v) is 10.9. The van der Waals surface area contributed by atoms with Crippen LogP contribution in [-0.4, -0.2) is 22.3 Å². The number of hydrogen-bond acceptors (Lipinski definition) is 2. The zero-order valence-corrected chi connectivity index (χ0v) is 16.9. The minimum atomic E-state index is -0.737. The normalized spacial score (nSPS) is 48.2. The Morgan fingerprint density at radius 3 is 2.46 bits per heavy atom. The third-order valence-electron chi connectivity index (χ3n) is 9.61. The number of aliphatic hydroxyl groups is 1. The highest BCUT2D eigenvalue weighted by molar-refractivity contribution is 5.77. The Morgan fingerprint density at radius 1 is 1.08 bits per heavy atom. The molecule has 0 heterocycles. The van der Waals surface area contributed by atoms with Gasteiger partial charge in [-0.25, -0.2) is 0 Å². The van der Waals surface area contributed by atoms with Crippen molar-refractivity contribution in [1.82, 2.24) is 0 Å². The summed E-state index contributed by atoms with van der Waals surface area (Å²) < 4.78 is 0. The fourth-order valence-electron chi connectivity index (χ4n) is 7.50. The number of fused-ring (bicyclic) bond motifs is 5. The molecular formula is C23H36O3. The van der Waals surface area contributed by atoms with Crippen LogP contribution >= 0.6 is 0 Å². The molecule has 0 unspecified atom stereocenters. The Bertz CT molecular complexity index is 635. The summed E-state index contributed by atoms with van der Waals surface area (Å²) in [6, 6.07) is 0. The topological polar surface area (TPSA) is 57.5 Å². The second-order valence-electron chi connectivity index (χ2n) is 10.9. The zero-order chi connectivity index (χ0) is 18.9. The summed E-state index contributed by atoms with van der Waals surface area (Å²) in [6.07, 6.45) is 11.3. The summed E-state index contributed by atoms with van der Waals surface area (Å²) in [5.74, 6) is 2.12. The van der Waals surface area contributed by atoms with E-state index in [0.29, 0.717) is 17.3 Å². The van der Waals surface area contributed by atoms with Gasteiger partial charge in [0.05, 0.1) is 11.5 Å². The molecule has 0 aliphatic heterocycles. The molecule has 0 bridgehead atoms. The van der Waals surface area contributed by atoms with Gasteiger partial charge in [-0.2, -0.15) is 0 Å². The summed E-state index contributed by atoms with van der Waals surface area (Å²) in [5.41, 5.74) is 0.864. The van der Waals surface area contributed by atoms with Gasteiger partial charge in [0.1, 0.15) is 0 Å². The van der Waals surface area contributed by atoms with Crippen LogP contribution < -0.4 is 0 Å². The molecule has 0 aromatic rings. The number of carboxylic acids is 1. The maximum atomic E-state index is 11.7. The minimum Gasteiger partial charge on any atom is -0.481 e. The van der Waals surface area contributed by atoms with Gasteiger partial charge in [-0.05, 0) is 99.7 Å². The summed E-state index contributed by atoms with van der Waals surface area (Å²) in [7, 11) is 0. The van der Waals surface area contributed by atoms with Crippen molar-refractivity contribution in [2.45, 2.75) is 85.2 Å². The molecule has 0 aromatic carbocycles. The van der Waals surface area contributed by atoms with Gasteiger partial charge < -0.3 is 10.2 Å². The summed E-state index contributed by atoms with van der Waals surface area (Å²) in [6.45, 7) is 8.56. The first-order valence-electron chi connectivity index (χ1n) is 10.7. The van der Waals surface area contributed by atoms with Gasteiger partial charge in [0.25, 0.3) is 0 Å². The minimum absolute atomic E-state index is 0.104. The number of allylic oxidation sites excluding steroid dienone is 1. The zero-order valence-electron chi connectivity index (χ0n) is 16.9. The SMILES string of the molecule is CC(C)(C(=O)O)C1=CC[C@@]2(C)[C@@H](CC[C@H]3[C@H]2CC[C@@]2(C)[C@@H]3CC[C@@H]2O)C1. The van der Waals surface area contributed by atoms with E-state index in [1.54, 1.807) is 0 Å². The molecule has 7 atom stereocenters. The van der Waals surface area contributed by atoms with Gasteiger partial charge in [-0.15, -0.1) is 0 Å². The Hall–Kier alpha value is -0.830. The molecule has 146 valence electrons. The third-order valence-corrected chi connectivity index (χ3v) is 9.61. The van der Waals surface area contributed by atoms with Crippen molar-refractivity contribution in [3.63, 3.8) is 0 Å². The molecule has 0 spiro atoms. The molecule has 3 heteroatoms. The van der Waals surface area contributed by atoms with Gasteiger partial charge in [-0.1, -0.05) is 25.5 Å². The molecule has 2 N–H and O–H groups in total. The average Bonchev–Trinajstić information content (AvgIpc) is 2.89. The van der Waals surface area contributed by atoms with Gasteiger partial charge in [0.2, 0.25) is 0 Å². The van der Waals surface area contributed by atoms with E-state index in [1.165, 1.54) is 32.1 Å². The molecule has 26 heavy (non-hydrogen) atoms. The first-order valence-corrected chi connectivity index (χ1v) is 10.7. The number of hydrogen-bond donors (Lipinski definition) is 2. The molecule has 4 aliphatic carbocycles. The highest BCUT2D eigenvalue weighted by atomic mass is 16.4. The molecular weight excluding hydrogens is 324 g/mol. The lowest BCUT2D eigenvalue weighted by Crippen LogP contribution is -2.53. The standard InChI is InChI=1S/C23H36O3/c1-21(2,20(25)26)14-9-11-22(3)15(13-14)5-6-16-17-7-8-19(24)23(17,4)12-10-18(16)22/h9,15-19,24H,5-8,10-13H2,1-4H3,(H,25,26)/t15-,16+,17+,18+,19-,22-,23-/m0/s1. The van der Waals surface area contributed by atoms with Crippen LogP contribution in [-0.2, 0) is 4.79 Å². The van der Waals surface area contributed by atoms with Crippen molar-refractivity contribution >= 4 is 5.97 Å². The van der Waals surface area contributed by atoms with Crippen LogP contribution in [0.3, 0.4) is 0 Å². The molecule has 3 saturated carbocycles. The number of aliphatic hydroxyl groups excluding tert-OH is 1. The summed E-state index contributed by atoms with van der Waals surface area (Å²) >= 11 is 0. The number of rotatable bonds is 2. The van der Waals surface area contributed by atoms with Crippen molar-refractivity contribution in [2.24, 2.45) is 39.9 Å². The first kappa shape index (κ1) is 18.5. The Labute approximate surface area is 158 Å². The largest absolute Gasteiger partial charge is 0.481 e. The van der Waals surface area contributed by atoms with Crippen molar-refractivity contribution < 1.29 is 15.0 Å². The quantitative estimate of drug-likeness (QED) is 0.679. The average molecular weight is 361 g/mol. The van der Waals surface area contributed by atoms with E-state index in [2.05, 4.69) is 19.9 Å². The highest BCUT2D eigenvalue weighted by Crippen LogP contribution is 2.66. The maximum Gasteiger partial charge on any atom is 0.313 e. The monoisotopic (exact) mass is 360 g/mol. The molecule has 3 fully saturated rings. The van der Waals surface area contributed by atoms with E-state index in [4.69, 9.17) is 0 Å². The predicted molar refractivity (Wildman–Crippen MR) is 103 cm³/mol. The van der Waals surface area contributed by atoms with Crippen LogP contribution in [0.15, 0.2) is 11.6 Å². The fraction of sp³-hybridized carbons (Fsp3) is 0.870. The van der Waals surface area contributed by atoms with E-state index in [1.807, 2.05) is 13.8 Å². The van der Waals surface area contributed by atoms with Crippen LogP contribution in [0.1, 0.15) is 79.1 Å². The van der Waals surface area contributed by atoms with Crippen molar-refractivity contribution in [2.75, 3.05) is 0 Å². The van der Waals surface area contributed by atoms with Crippen LogP contribution in [0.5, 0.6) is 0 Å². The lowest BCUT2D eigenvalue weighted by atomic mass is 9.45. The number of carbonyl (C=O) groups is 1. The molecule has 4 aliphatic rings. The maximum absolute atomic E-state index is 11.7. The van der Waals surface area contributed by atoms with Gasteiger partial charge >= 0.3 is 5.97 Å². The summed E-state index contributed by atoms with van der Waals surface area (Å²) in [5, 5.41) is 20.2. The van der Waals surface area contributed by atoms with Crippen molar-refractivity contribution in [3.05, 3.63) is 11.6 Å². The lowest BCUT2D eigenvalue weighted by molar-refractivity contribution is -0.145. The number of aliphatic carboxylic acids is 1. The molecule has 0 aromatic heterocycles. The van der Waals surface area contributed by atoms with E-state index >= 15 is 0 Å². The third kappa shape index (κ3) is 2.38. The number of carboxylic acid groups (broad SMARTS) is 1. The fourth-order valence-corrected chi connectivity index (χ4v) is 7.50. The van der Waals surface area contributed by atoms with Gasteiger partial charge in [-0.3, -0.25) is 4.79 Å².